The number of hydrogen-bond acceptors (Lipinski definition) is 3. The van der Waals surface area contributed by atoms with Crippen LogP contribution in [0.3, 0.4) is 0 Å². The Morgan fingerprint density at radius 2 is 1.89 bits per heavy atom. The number of carboxylic acids is 1. The number of nitrogens with two attached hydrogens (primary N) is 1. The van der Waals surface area contributed by atoms with Gasteiger partial charge < -0.3 is 15.7 Å². The molecule has 1 aliphatic rings. The molecule has 5 nitrogen and oxygen atoms in total. The van der Waals surface area contributed by atoms with Gasteiger partial charge in [-0.15, -0.1) is 0 Å². The molecule has 18 heavy (non-hydrogen) atoms. The highest BCUT2D eigenvalue weighted by atomic mass is 16.4. The molecular formula is C13H24N2O3. The number of amides is 1. The van der Waals surface area contributed by atoms with Gasteiger partial charge in [0.25, 0.3) is 0 Å². The Labute approximate surface area is 108 Å². The summed E-state index contributed by atoms with van der Waals surface area (Å²) in [6.45, 7) is 0.820. The number of nitrogens with zero attached hydrogens (tertiary/aromatic N) is 1. The number of carbonyl (C=O) groups excluding carboxylic acids is 1. The van der Waals surface area contributed by atoms with E-state index in [1.807, 2.05) is 0 Å². The number of carboxylic acid groups (broad SMARTS) is 1. The topological polar surface area (TPSA) is 83.6 Å². The van der Waals surface area contributed by atoms with Crippen LogP contribution in [0, 0.1) is 5.41 Å². The van der Waals surface area contributed by atoms with Crippen molar-refractivity contribution in [2.45, 2.75) is 44.9 Å². The van der Waals surface area contributed by atoms with Crippen molar-refractivity contribution in [3.63, 3.8) is 0 Å². The Bertz CT molecular complexity index is 299. The Morgan fingerprint density at radius 1 is 1.28 bits per heavy atom. The molecule has 104 valence electrons. The second kappa shape index (κ2) is 6.73. The third kappa shape index (κ3) is 4.29. The smallest absolute Gasteiger partial charge is 0.305 e. The maximum Gasteiger partial charge on any atom is 0.305 e. The Morgan fingerprint density at radius 3 is 2.39 bits per heavy atom. The zero-order valence-corrected chi connectivity index (χ0v) is 11.2. The van der Waals surface area contributed by atoms with Crippen LogP contribution in [0.5, 0.6) is 0 Å². The number of aliphatic carboxylic acids is 1. The van der Waals surface area contributed by atoms with Crippen LogP contribution in [-0.2, 0) is 9.59 Å². The van der Waals surface area contributed by atoms with E-state index in [0.717, 1.165) is 25.7 Å². The average Bonchev–Trinajstić information content (AvgIpc) is 2.36. The van der Waals surface area contributed by atoms with Crippen LogP contribution in [-0.4, -0.2) is 42.0 Å². The highest BCUT2D eigenvalue weighted by Gasteiger charge is 2.33. The fourth-order valence-corrected chi connectivity index (χ4v) is 2.60. The zero-order valence-electron chi connectivity index (χ0n) is 11.2. The summed E-state index contributed by atoms with van der Waals surface area (Å²) in [6, 6.07) is 0. The molecule has 1 amide bonds. The molecular weight excluding hydrogens is 232 g/mol. The highest BCUT2D eigenvalue weighted by molar-refractivity contribution is 5.77. The van der Waals surface area contributed by atoms with Gasteiger partial charge in [0.1, 0.15) is 0 Å². The van der Waals surface area contributed by atoms with Crippen molar-refractivity contribution in [2.24, 2.45) is 11.1 Å². The molecule has 0 radical (unpaired) electrons. The van der Waals surface area contributed by atoms with E-state index >= 15 is 0 Å². The van der Waals surface area contributed by atoms with Crippen LogP contribution in [0.25, 0.3) is 0 Å². The van der Waals surface area contributed by atoms with Crippen molar-refractivity contribution in [2.75, 3.05) is 20.1 Å². The van der Waals surface area contributed by atoms with Crippen LogP contribution in [0.4, 0.5) is 0 Å². The van der Waals surface area contributed by atoms with Gasteiger partial charge in [0, 0.05) is 20.0 Å². The summed E-state index contributed by atoms with van der Waals surface area (Å²) >= 11 is 0. The average molecular weight is 256 g/mol. The van der Waals surface area contributed by atoms with Crippen LogP contribution in [0.2, 0.25) is 0 Å². The molecule has 0 aliphatic heterocycles. The van der Waals surface area contributed by atoms with Gasteiger partial charge in [0.15, 0.2) is 0 Å². The second-order valence-electron chi connectivity index (χ2n) is 5.40. The van der Waals surface area contributed by atoms with Crippen molar-refractivity contribution in [3.8, 4) is 0 Å². The maximum atomic E-state index is 12.1. The summed E-state index contributed by atoms with van der Waals surface area (Å²) in [5.41, 5.74) is 5.80. The van der Waals surface area contributed by atoms with Gasteiger partial charge in [-0.2, -0.15) is 0 Å². The first-order valence-corrected chi connectivity index (χ1v) is 6.65. The molecule has 0 bridgehead atoms. The predicted molar refractivity (Wildman–Crippen MR) is 69.1 cm³/mol. The van der Waals surface area contributed by atoms with E-state index in [4.69, 9.17) is 10.8 Å². The van der Waals surface area contributed by atoms with Crippen LogP contribution in [0.1, 0.15) is 44.9 Å². The lowest BCUT2D eigenvalue weighted by atomic mass is 9.71. The van der Waals surface area contributed by atoms with Crippen molar-refractivity contribution in [1.29, 1.82) is 0 Å². The van der Waals surface area contributed by atoms with E-state index in [1.165, 1.54) is 11.3 Å². The van der Waals surface area contributed by atoms with Crippen LogP contribution in [0.15, 0.2) is 0 Å². The molecule has 1 aliphatic carbocycles. The molecule has 0 aromatic heterocycles. The molecule has 0 heterocycles. The number of carbonyl (C=O) groups is 2. The van der Waals surface area contributed by atoms with E-state index in [0.29, 0.717) is 13.0 Å². The van der Waals surface area contributed by atoms with Crippen molar-refractivity contribution in [3.05, 3.63) is 0 Å². The standard InChI is InChI=1S/C13H24N2O3/c1-15(8-5-12(17)18)11(16)9-13(10-14)6-3-2-4-7-13/h2-10,14H2,1H3,(H,17,18). The minimum absolute atomic E-state index is 0.00212. The lowest BCUT2D eigenvalue weighted by molar-refractivity contribution is -0.138. The van der Waals surface area contributed by atoms with E-state index in [-0.39, 0.29) is 24.3 Å². The van der Waals surface area contributed by atoms with E-state index < -0.39 is 5.97 Å². The molecule has 0 atom stereocenters. The monoisotopic (exact) mass is 256 g/mol. The number of rotatable bonds is 6. The molecule has 0 saturated heterocycles. The molecule has 5 heteroatoms. The summed E-state index contributed by atoms with van der Waals surface area (Å²) in [5.74, 6) is -0.857. The van der Waals surface area contributed by atoms with Gasteiger partial charge in [0.05, 0.1) is 6.42 Å². The normalized spacial score (nSPS) is 18.3. The highest BCUT2D eigenvalue weighted by Crippen LogP contribution is 2.38. The molecule has 0 unspecified atom stereocenters. The Hall–Kier alpha value is -1.10. The third-order valence-corrected chi connectivity index (χ3v) is 3.96. The minimum Gasteiger partial charge on any atom is -0.481 e. The first kappa shape index (κ1) is 15.0. The van der Waals surface area contributed by atoms with Crippen LogP contribution < -0.4 is 5.73 Å². The van der Waals surface area contributed by atoms with Crippen LogP contribution >= 0.6 is 0 Å². The molecule has 3 N–H and O–H groups in total. The molecule has 0 spiro atoms. The van der Waals surface area contributed by atoms with E-state index in [2.05, 4.69) is 0 Å². The summed E-state index contributed by atoms with van der Waals surface area (Å²) in [7, 11) is 1.66. The SMILES string of the molecule is CN(CCC(=O)O)C(=O)CC1(CN)CCCCC1. The zero-order chi connectivity index (χ0) is 13.6. The molecule has 1 saturated carbocycles. The fraction of sp³-hybridized carbons (Fsp3) is 0.846. The second-order valence-corrected chi connectivity index (χ2v) is 5.40. The van der Waals surface area contributed by atoms with Gasteiger partial charge in [0.2, 0.25) is 5.91 Å². The quantitative estimate of drug-likeness (QED) is 0.748. The van der Waals surface area contributed by atoms with Gasteiger partial charge >= 0.3 is 5.97 Å². The summed E-state index contributed by atoms with van der Waals surface area (Å²) in [6.07, 6.45) is 6.00. The summed E-state index contributed by atoms with van der Waals surface area (Å²) in [5, 5.41) is 8.60. The van der Waals surface area contributed by atoms with Crippen molar-refractivity contribution in [1.82, 2.24) is 4.90 Å². The third-order valence-electron chi connectivity index (χ3n) is 3.96. The lowest BCUT2D eigenvalue weighted by Crippen LogP contribution is -2.39. The molecule has 0 aromatic carbocycles. The molecule has 1 fully saturated rings. The van der Waals surface area contributed by atoms with E-state index in [9.17, 15) is 9.59 Å². The fourth-order valence-electron chi connectivity index (χ4n) is 2.60. The first-order chi connectivity index (χ1) is 8.49. The Kier molecular flexibility index (Phi) is 5.59. The predicted octanol–water partition coefficient (Wildman–Crippen LogP) is 1.22. The van der Waals surface area contributed by atoms with Gasteiger partial charge in [-0.1, -0.05) is 19.3 Å². The van der Waals surface area contributed by atoms with Gasteiger partial charge in [-0.3, -0.25) is 9.59 Å². The first-order valence-electron chi connectivity index (χ1n) is 6.65. The van der Waals surface area contributed by atoms with Crippen molar-refractivity contribution >= 4 is 11.9 Å². The summed E-state index contributed by atoms with van der Waals surface area (Å²) in [4.78, 5) is 24.1. The molecule has 1 rings (SSSR count). The molecule has 0 aromatic rings. The van der Waals surface area contributed by atoms with Crippen molar-refractivity contribution < 1.29 is 14.7 Å². The Balaban J connectivity index is 2.48. The van der Waals surface area contributed by atoms with Gasteiger partial charge in [-0.05, 0) is 24.8 Å². The van der Waals surface area contributed by atoms with Gasteiger partial charge in [-0.25, -0.2) is 0 Å². The summed E-state index contributed by atoms with van der Waals surface area (Å²) < 4.78 is 0. The largest absolute Gasteiger partial charge is 0.481 e. The lowest BCUT2D eigenvalue weighted by Gasteiger charge is -2.36. The van der Waals surface area contributed by atoms with E-state index in [1.54, 1.807) is 7.05 Å². The minimum atomic E-state index is -0.874. The maximum absolute atomic E-state index is 12.1. The number of hydrogen-bond donors (Lipinski definition) is 2.